The van der Waals surface area contributed by atoms with Gasteiger partial charge in [0.25, 0.3) is 0 Å². The van der Waals surface area contributed by atoms with Crippen LogP contribution in [0.25, 0.3) is 0 Å². The van der Waals surface area contributed by atoms with Crippen molar-refractivity contribution in [2.24, 2.45) is 0 Å². The van der Waals surface area contributed by atoms with E-state index in [1.807, 2.05) is 20.0 Å². The number of hydrogen-bond acceptors (Lipinski definition) is 5. The van der Waals surface area contributed by atoms with Crippen molar-refractivity contribution in [1.82, 2.24) is 10.3 Å². The molecule has 0 fully saturated rings. The number of nitrogens with zero attached hydrogens (tertiary/aromatic N) is 1. The van der Waals surface area contributed by atoms with Crippen LogP contribution < -0.4 is 5.32 Å². The Morgan fingerprint density at radius 3 is 2.73 bits per heavy atom. The zero-order valence-corrected chi connectivity index (χ0v) is 10.8. The Bertz CT molecular complexity index is 412. The van der Waals surface area contributed by atoms with Crippen LogP contribution in [0.15, 0.2) is 6.20 Å². The third-order valence-electron chi connectivity index (χ3n) is 1.99. The standard InChI is InChI=1S/C9H16N2O2S2/c1-7(9-6-11-8(2)14-9)10-4-5-15(3,12)13/h6-7,10H,4-5H2,1-3H3. The molecule has 0 aliphatic carbocycles. The third kappa shape index (κ3) is 4.72. The Labute approximate surface area is 94.7 Å². The van der Waals surface area contributed by atoms with E-state index in [0.717, 1.165) is 9.88 Å². The molecule has 0 aromatic carbocycles. The highest BCUT2D eigenvalue weighted by Gasteiger charge is 2.09. The highest BCUT2D eigenvalue weighted by atomic mass is 32.2. The summed E-state index contributed by atoms with van der Waals surface area (Å²) < 4.78 is 21.8. The molecule has 0 saturated carbocycles. The molecule has 1 heterocycles. The second-order valence-corrected chi connectivity index (χ2v) is 7.11. The Morgan fingerprint density at radius 2 is 2.27 bits per heavy atom. The molecule has 1 aromatic rings. The Kier molecular flexibility index (Phi) is 4.24. The fourth-order valence-electron chi connectivity index (χ4n) is 1.14. The topological polar surface area (TPSA) is 59.1 Å². The molecule has 0 aliphatic heterocycles. The number of rotatable bonds is 5. The first kappa shape index (κ1) is 12.6. The molecule has 1 rings (SSSR count). The van der Waals surface area contributed by atoms with Gasteiger partial charge in [0.15, 0.2) is 0 Å². The summed E-state index contributed by atoms with van der Waals surface area (Å²) in [7, 11) is -2.87. The van der Waals surface area contributed by atoms with Crippen LogP contribution in [0.3, 0.4) is 0 Å². The lowest BCUT2D eigenvalue weighted by molar-refractivity contribution is 0.579. The molecule has 6 heteroatoms. The maximum Gasteiger partial charge on any atom is 0.148 e. The summed E-state index contributed by atoms with van der Waals surface area (Å²) in [5.74, 6) is 0.176. The lowest BCUT2D eigenvalue weighted by Gasteiger charge is -2.10. The normalized spacial score (nSPS) is 14.1. The van der Waals surface area contributed by atoms with E-state index in [-0.39, 0.29) is 11.8 Å². The van der Waals surface area contributed by atoms with Gasteiger partial charge in [0.1, 0.15) is 9.84 Å². The number of thiazole rings is 1. The first-order valence-electron chi connectivity index (χ1n) is 4.72. The van der Waals surface area contributed by atoms with Crippen molar-refractivity contribution < 1.29 is 8.42 Å². The predicted molar refractivity (Wildman–Crippen MR) is 63.0 cm³/mol. The van der Waals surface area contributed by atoms with Gasteiger partial charge < -0.3 is 5.32 Å². The van der Waals surface area contributed by atoms with Crippen molar-refractivity contribution >= 4 is 21.2 Å². The minimum Gasteiger partial charge on any atom is -0.308 e. The zero-order valence-electron chi connectivity index (χ0n) is 9.15. The molecule has 15 heavy (non-hydrogen) atoms. The van der Waals surface area contributed by atoms with Crippen LogP contribution in [-0.2, 0) is 9.84 Å². The highest BCUT2D eigenvalue weighted by molar-refractivity contribution is 7.90. The van der Waals surface area contributed by atoms with Crippen molar-refractivity contribution in [3.05, 3.63) is 16.1 Å². The number of sulfone groups is 1. The molecular weight excluding hydrogens is 232 g/mol. The lowest BCUT2D eigenvalue weighted by Crippen LogP contribution is -2.24. The maximum atomic E-state index is 10.9. The quantitative estimate of drug-likeness (QED) is 0.849. The summed E-state index contributed by atoms with van der Waals surface area (Å²) in [6, 6.07) is 0.165. The van der Waals surface area contributed by atoms with Crippen molar-refractivity contribution in [3.8, 4) is 0 Å². The molecule has 1 unspecified atom stereocenters. The minimum atomic E-state index is -2.87. The molecule has 0 bridgehead atoms. The van der Waals surface area contributed by atoms with Crippen LogP contribution in [0, 0.1) is 6.92 Å². The highest BCUT2D eigenvalue weighted by Crippen LogP contribution is 2.19. The SMILES string of the molecule is Cc1ncc(C(C)NCCS(C)(=O)=O)s1. The van der Waals surface area contributed by atoms with E-state index < -0.39 is 9.84 Å². The average molecular weight is 248 g/mol. The van der Waals surface area contributed by atoms with Crippen LogP contribution in [0.4, 0.5) is 0 Å². The van der Waals surface area contributed by atoms with Crippen LogP contribution in [0.5, 0.6) is 0 Å². The Balaban J connectivity index is 2.40. The van der Waals surface area contributed by atoms with Crippen LogP contribution in [-0.4, -0.2) is 32.0 Å². The summed E-state index contributed by atoms with van der Waals surface area (Å²) in [4.78, 5) is 5.29. The van der Waals surface area contributed by atoms with Crippen molar-refractivity contribution in [2.75, 3.05) is 18.6 Å². The molecule has 0 aliphatic rings. The van der Waals surface area contributed by atoms with Gasteiger partial charge in [0.2, 0.25) is 0 Å². The molecule has 0 radical (unpaired) electrons. The molecule has 0 spiro atoms. The molecule has 1 N–H and O–H groups in total. The fourth-order valence-corrected chi connectivity index (χ4v) is 2.44. The summed E-state index contributed by atoms with van der Waals surface area (Å²) in [6.07, 6.45) is 3.08. The molecule has 86 valence electrons. The van der Waals surface area contributed by atoms with Crippen LogP contribution in [0.1, 0.15) is 22.9 Å². The van der Waals surface area contributed by atoms with E-state index in [4.69, 9.17) is 0 Å². The molecule has 0 amide bonds. The van der Waals surface area contributed by atoms with Crippen molar-refractivity contribution in [3.63, 3.8) is 0 Å². The minimum absolute atomic E-state index is 0.165. The smallest absolute Gasteiger partial charge is 0.148 e. The maximum absolute atomic E-state index is 10.9. The lowest BCUT2D eigenvalue weighted by atomic mass is 10.3. The number of nitrogens with one attached hydrogen (secondary N) is 1. The van der Waals surface area contributed by atoms with Crippen molar-refractivity contribution in [1.29, 1.82) is 0 Å². The second-order valence-electron chi connectivity index (χ2n) is 3.59. The van der Waals surface area contributed by atoms with E-state index in [2.05, 4.69) is 10.3 Å². The number of aromatic nitrogens is 1. The van der Waals surface area contributed by atoms with Gasteiger partial charge in [0, 0.05) is 29.9 Å². The molecule has 1 atom stereocenters. The largest absolute Gasteiger partial charge is 0.308 e. The summed E-state index contributed by atoms with van der Waals surface area (Å²) in [5, 5.41) is 4.19. The third-order valence-corrected chi connectivity index (χ3v) is 4.03. The van der Waals surface area contributed by atoms with Gasteiger partial charge in [-0.15, -0.1) is 11.3 Å². The first-order chi connectivity index (χ1) is 6.88. The van der Waals surface area contributed by atoms with Crippen molar-refractivity contribution in [2.45, 2.75) is 19.9 Å². The van der Waals surface area contributed by atoms with E-state index >= 15 is 0 Å². The van der Waals surface area contributed by atoms with Gasteiger partial charge in [-0.2, -0.15) is 0 Å². The molecule has 1 aromatic heterocycles. The van der Waals surface area contributed by atoms with Gasteiger partial charge in [-0.3, -0.25) is 0 Å². The summed E-state index contributed by atoms with van der Waals surface area (Å²) in [6.45, 7) is 4.45. The van der Waals surface area contributed by atoms with Gasteiger partial charge in [-0.1, -0.05) is 0 Å². The van der Waals surface area contributed by atoms with E-state index in [1.54, 1.807) is 11.3 Å². The summed E-state index contributed by atoms with van der Waals surface area (Å²) in [5.41, 5.74) is 0. The van der Waals surface area contributed by atoms with E-state index in [1.165, 1.54) is 6.26 Å². The Hall–Kier alpha value is -0.460. The molecule has 0 saturated heterocycles. The Morgan fingerprint density at radius 1 is 1.60 bits per heavy atom. The van der Waals surface area contributed by atoms with Crippen LogP contribution in [0.2, 0.25) is 0 Å². The van der Waals surface area contributed by atoms with E-state index in [0.29, 0.717) is 6.54 Å². The number of aryl methyl sites for hydroxylation is 1. The summed E-state index contributed by atoms with van der Waals surface area (Å²) >= 11 is 1.63. The van der Waals surface area contributed by atoms with E-state index in [9.17, 15) is 8.42 Å². The molecular formula is C9H16N2O2S2. The van der Waals surface area contributed by atoms with Gasteiger partial charge in [-0.05, 0) is 13.8 Å². The number of hydrogen-bond donors (Lipinski definition) is 1. The predicted octanol–water partition coefficient (Wildman–Crippen LogP) is 1.15. The molecule has 4 nitrogen and oxygen atoms in total. The fraction of sp³-hybridized carbons (Fsp3) is 0.667. The van der Waals surface area contributed by atoms with Gasteiger partial charge >= 0.3 is 0 Å². The monoisotopic (exact) mass is 248 g/mol. The van der Waals surface area contributed by atoms with Gasteiger partial charge in [0.05, 0.1) is 10.8 Å². The second kappa shape index (κ2) is 5.05. The zero-order chi connectivity index (χ0) is 11.5. The van der Waals surface area contributed by atoms with Crippen LogP contribution >= 0.6 is 11.3 Å². The van der Waals surface area contributed by atoms with Gasteiger partial charge in [-0.25, -0.2) is 13.4 Å². The average Bonchev–Trinajstić information content (AvgIpc) is 2.49. The first-order valence-corrected chi connectivity index (χ1v) is 7.59.